The number of carbonyl (C=O) groups is 1. The van der Waals surface area contributed by atoms with Crippen LogP contribution in [-0.4, -0.2) is 47.6 Å². The van der Waals surface area contributed by atoms with Crippen molar-refractivity contribution in [3.05, 3.63) is 124 Å². The van der Waals surface area contributed by atoms with E-state index in [9.17, 15) is 9.59 Å². The summed E-state index contributed by atoms with van der Waals surface area (Å²) in [5.74, 6) is 0.0282. The molecule has 1 atom stereocenters. The molecule has 9 nitrogen and oxygen atoms in total. The third-order valence-corrected chi connectivity index (χ3v) is 7.94. The average molecular weight is 630 g/mol. The number of nitrogens with two attached hydrogens (primary N) is 1. The fourth-order valence-electron chi connectivity index (χ4n) is 5.24. The van der Waals surface area contributed by atoms with Crippen molar-refractivity contribution >= 4 is 11.8 Å². The van der Waals surface area contributed by atoms with Gasteiger partial charge in [0.15, 0.2) is 0 Å². The molecule has 0 aliphatic heterocycles. The minimum Gasteiger partial charge on any atom is -0.497 e. The number of hydrogen-bond acceptors (Lipinski definition) is 7. The maximum absolute atomic E-state index is 12.6. The van der Waals surface area contributed by atoms with E-state index in [1.165, 1.54) is 0 Å². The molecule has 46 heavy (non-hydrogen) atoms. The number of hydrogen-bond donors (Lipinski definition) is 2. The van der Waals surface area contributed by atoms with E-state index in [1.807, 2.05) is 74.5 Å². The van der Waals surface area contributed by atoms with Crippen molar-refractivity contribution in [1.82, 2.24) is 9.55 Å². The van der Waals surface area contributed by atoms with E-state index in [0.29, 0.717) is 13.0 Å². The van der Waals surface area contributed by atoms with Crippen LogP contribution in [0.15, 0.2) is 102 Å². The van der Waals surface area contributed by atoms with Gasteiger partial charge in [0.2, 0.25) is 0 Å². The number of methoxy groups -OCH3 is 2. The van der Waals surface area contributed by atoms with E-state index in [0.717, 1.165) is 35.3 Å². The van der Waals surface area contributed by atoms with Crippen molar-refractivity contribution in [1.29, 1.82) is 0 Å². The molecular formula is C37H47N3O6. The second-order valence-corrected chi connectivity index (χ2v) is 11.2. The first kappa shape index (κ1) is 36.0. The van der Waals surface area contributed by atoms with Crippen LogP contribution in [0.1, 0.15) is 63.6 Å². The van der Waals surface area contributed by atoms with Gasteiger partial charge in [0, 0.05) is 13.3 Å². The van der Waals surface area contributed by atoms with Crippen LogP contribution in [0, 0.1) is 5.92 Å². The summed E-state index contributed by atoms with van der Waals surface area (Å²) in [6.07, 6.45) is 3.85. The topological polar surface area (TPSA) is 126 Å². The molecule has 1 fully saturated rings. The molecule has 246 valence electrons. The molecule has 0 radical (unpaired) electrons. The second kappa shape index (κ2) is 16.7. The van der Waals surface area contributed by atoms with Gasteiger partial charge in [-0.05, 0) is 54.2 Å². The van der Waals surface area contributed by atoms with E-state index in [4.69, 9.17) is 25.1 Å². The number of ether oxygens (including phenoxy) is 3. The van der Waals surface area contributed by atoms with Gasteiger partial charge in [-0.25, -0.2) is 4.79 Å². The smallest absolute Gasteiger partial charge is 0.350 e. The first-order valence-electron chi connectivity index (χ1n) is 15.7. The highest BCUT2D eigenvalue weighted by molar-refractivity contribution is 5.68. The summed E-state index contributed by atoms with van der Waals surface area (Å²) in [5, 5.41) is 7.99. The van der Waals surface area contributed by atoms with E-state index < -0.39 is 11.6 Å². The Morgan fingerprint density at radius 3 is 1.83 bits per heavy atom. The van der Waals surface area contributed by atoms with Crippen molar-refractivity contribution in [2.24, 2.45) is 5.92 Å². The minimum absolute atomic E-state index is 0.226. The van der Waals surface area contributed by atoms with Crippen molar-refractivity contribution in [3.8, 4) is 5.75 Å². The molecule has 0 saturated heterocycles. The van der Waals surface area contributed by atoms with Crippen molar-refractivity contribution in [3.63, 3.8) is 0 Å². The van der Waals surface area contributed by atoms with Crippen molar-refractivity contribution in [2.45, 2.75) is 64.2 Å². The molecule has 0 unspecified atom stereocenters. The average Bonchev–Trinajstić information content (AvgIpc) is 3.87. The molecule has 3 N–H and O–H groups in total. The summed E-state index contributed by atoms with van der Waals surface area (Å²) in [5.41, 5.74) is 7.15. The SMILES string of the molecule is CC.CC(C)C(=O)O.COc1ccc(C(OC[C@H](CC2(n3ccc(N)nc3=O)CC2)OC)(c2ccccc2)c2ccccc2)cc1. The molecule has 0 bridgehead atoms. The Kier molecular flexibility index (Phi) is 13.1. The highest BCUT2D eigenvalue weighted by atomic mass is 16.5. The summed E-state index contributed by atoms with van der Waals surface area (Å²) in [7, 11) is 3.35. The van der Waals surface area contributed by atoms with E-state index >= 15 is 0 Å². The summed E-state index contributed by atoms with van der Waals surface area (Å²) >= 11 is 0. The molecule has 9 heteroatoms. The van der Waals surface area contributed by atoms with Crippen LogP contribution in [0.2, 0.25) is 0 Å². The summed E-state index contributed by atoms with van der Waals surface area (Å²) in [6.45, 7) is 7.59. The Hall–Kier alpha value is -4.47. The van der Waals surface area contributed by atoms with E-state index in [1.54, 1.807) is 44.9 Å². The number of benzene rings is 3. The molecule has 1 aliphatic rings. The standard InChI is InChI=1S/C31H33N3O4.C4H8O2.C2H6/c1-36-26-15-13-25(14-16-26)31(23-9-5-3-6-10-23,24-11-7-4-8-12-24)38-22-27(37-2)21-30(18-19-30)34-20-17-28(32)33-29(34)35;1-3(2)4(5)6;1-2/h3-17,20,27H,18-19,21-22H2,1-2H3,(H2,32,33,35);3H,1-2H3,(H,5,6);1-2H3/t27-;;/m0../s1. The molecule has 3 aromatic carbocycles. The van der Waals surface area contributed by atoms with Crippen LogP contribution in [0.25, 0.3) is 0 Å². The predicted octanol–water partition coefficient (Wildman–Crippen LogP) is 6.49. The summed E-state index contributed by atoms with van der Waals surface area (Å²) in [4.78, 5) is 26.2. The van der Waals surface area contributed by atoms with Crippen LogP contribution in [0.4, 0.5) is 5.82 Å². The van der Waals surface area contributed by atoms with Gasteiger partial charge in [0.05, 0.1) is 31.3 Å². The first-order chi connectivity index (χ1) is 22.1. The Labute approximate surface area is 272 Å². The van der Waals surface area contributed by atoms with Crippen LogP contribution in [-0.2, 0) is 25.4 Å². The quantitative estimate of drug-likeness (QED) is 0.170. The molecule has 1 saturated carbocycles. The number of rotatable bonds is 12. The van der Waals surface area contributed by atoms with Crippen LogP contribution >= 0.6 is 0 Å². The zero-order chi connectivity index (χ0) is 33.7. The maximum atomic E-state index is 12.6. The molecular weight excluding hydrogens is 582 g/mol. The number of aliphatic carboxylic acids is 1. The number of aromatic nitrogens is 2. The Balaban J connectivity index is 0.000000648. The highest BCUT2D eigenvalue weighted by Gasteiger charge is 2.48. The van der Waals surface area contributed by atoms with Crippen LogP contribution in [0.3, 0.4) is 0 Å². The van der Waals surface area contributed by atoms with E-state index in [2.05, 4.69) is 29.2 Å². The van der Waals surface area contributed by atoms with Gasteiger partial charge < -0.3 is 25.1 Å². The molecule has 0 amide bonds. The third kappa shape index (κ3) is 8.62. The van der Waals surface area contributed by atoms with Gasteiger partial charge in [-0.3, -0.25) is 9.36 Å². The zero-order valence-corrected chi connectivity index (χ0v) is 27.7. The van der Waals surface area contributed by atoms with Crippen LogP contribution in [0.5, 0.6) is 5.75 Å². The molecule has 4 aromatic rings. The second-order valence-electron chi connectivity index (χ2n) is 11.2. The zero-order valence-electron chi connectivity index (χ0n) is 27.7. The lowest BCUT2D eigenvalue weighted by atomic mass is 9.80. The maximum Gasteiger partial charge on any atom is 0.350 e. The number of nitrogen functional groups attached to an aromatic ring is 1. The number of carboxylic acids is 1. The van der Waals surface area contributed by atoms with Gasteiger partial charge in [-0.15, -0.1) is 0 Å². The van der Waals surface area contributed by atoms with Gasteiger partial charge in [0.1, 0.15) is 17.2 Å². The third-order valence-electron chi connectivity index (χ3n) is 7.94. The first-order valence-corrected chi connectivity index (χ1v) is 15.7. The monoisotopic (exact) mass is 629 g/mol. The van der Waals surface area contributed by atoms with Gasteiger partial charge in [0.25, 0.3) is 0 Å². The molecule has 1 heterocycles. The normalized spacial score (nSPS) is 13.8. The number of nitrogens with zero attached hydrogens (tertiary/aromatic N) is 2. The van der Waals surface area contributed by atoms with Gasteiger partial charge in [-0.2, -0.15) is 4.98 Å². The molecule has 0 spiro atoms. The largest absolute Gasteiger partial charge is 0.497 e. The van der Waals surface area contributed by atoms with Gasteiger partial charge >= 0.3 is 11.7 Å². The van der Waals surface area contributed by atoms with E-state index in [-0.39, 0.29) is 29.1 Å². The lowest BCUT2D eigenvalue weighted by molar-refractivity contribution is -0.140. The Morgan fingerprint density at radius 2 is 1.41 bits per heavy atom. The summed E-state index contributed by atoms with van der Waals surface area (Å²) in [6, 6.07) is 30.1. The molecule has 1 aromatic heterocycles. The summed E-state index contributed by atoms with van der Waals surface area (Å²) < 4.78 is 20.1. The number of carboxylic acid groups (broad SMARTS) is 1. The van der Waals surface area contributed by atoms with Crippen molar-refractivity contribution < 1.29 is 24.1 Å². The molecule has 5 rings (SSSR count). The minimum atomic E-state index is -0.887. The Bertz CT molecular complexity index is 1510. The highest BCUT2D eigenvalue weighted by Crippen LogP contribution is 2.47. The lowest BCUT2D eigenvalue weighted by Crippen LogP contribution is -2.39. The lowest BCUT2D eigenvalue weighted by Gasteiger charge is -2.37. The van der Waals surface area contributed by atoms with Gasteiger partial charge in [-0.1, -0.05) is 100 Å². The Morgan fingerprint density at radius 1 is 0.913 bits per heavy atom. The van der Waals surface area contributed by atoms with Crippen molar-refractivity contribution in [2.75, 3.05) is 26.6 Å². The van der Waals surface area contributed by atoms with Crippen LogP contribution < -0.4 is 16.2 Å². The number of anilines is 1. The predicted molar refractivity (Wildman–Crippen MR) is 181 cm³/mol. The fourth-order valence-corrected chi connectivity index (χ4v) is 5.24. The fraction of sp³-hybridized carbons (Fsp3) is 0.378. The molecule has 1 aliphatic carbocycles.